The van der Waals surface area contributed by atoms with E-state index in [4.69, 9.17) is 9.47 Å². The molecule has 0 bridgehead atoms. The Hall–Kier alpha value is -2.57. The second-order valence-electron chi connectivity index (χ2n) is 4.79. The molecule has 0 unspecified atom stereocenters. The quantitative estimate of drug-likeness (QED) is 0.915. The van der Waals surface area contributed by atoms with Gasteiger partial charge in [0.15, 0.2) is 17.3 Å². The highest BCUT2D eigenvalue weighted by atomic mass is 16.6. The van der Waals surface area contributed by atoms with Crippen LogP contribution >= 0.6 is 0 Å². The second-order valence-corrected chi connectivity index (χ2v) is 4.79. The van der Waals surface area contributed by atoms with Crippen molar-refractivity contribution in [2.24, 2.45) is 0 Å². The number of fused-ring (bicyclic) bond motifs is 1. The summed E-state index contributed by atoms with van der Waals surface area (Å²) < 4.78 is 11.1. The van der Waals surface area contributed by atoms with Gasteiger partial charge in [-0.1, -0.05) is 0 Å². The van der Waals surface area contributed by atoms with Crippen LogP contribution in [0.3, 0.4) is 0 Å². The molecule has 2 heterocycles. The van der Waals surface area contributed by atoms with E-state index in [-0.39, 0.29) is 0 Å². The summed E-state index contributed by atoms with van der Waals surface area (Å²) in [6.45, 7) is 1.13. The maximum absolute atomic E-state index is 5.60. The molecule has 21 heavy (non-hydrogen) atoms. The van der Waals surface area contributed by atoms with E-state index >= 15 is 0 Å². The smallest absolute Gasteiger partial charge is 0.230 e. The number of benzene rings is 1. The zero-order valence-electron chi connectivity index (χ0n) is 12.3. The first-order valence-electron chi connectivity index (χ1n) is 6.68. The lowest BCUT2D eigenvalue weighted by Crippen LogP contribution is -2.16. The Morgan fingerprint density at radius 1 is 1.05 bits per heavy atom. The van der Waals surface area contributed by atoms with Gasteiger partial charge in [0, 0.05) is 26.7 Å². The summed E-state index contributed by atoms with van der Waals surface area (Å²) in [6, 6.07) is 5.69. The molecule has 0 atom stereocenters. The molecular formula is C14H17N5O2. The Kier molecular flexibility index (Phi) is 3.47. The third kappa shape index (κ3) is 2.67. The van der Waals surface area contributed by atoms with Gasteiger partial charge in [0.2, 0.25) is 11.9 Å². The Bertz CT molecular complexity index is 660. The lowest BCUT2D eigenvalue weighted by Gasteiger charge is -2.19. The summed E-state index contributed by atoms with van der Waals surface area (Å²) in [5, 5.41) is 2.95. The van der Waals surface area contributed by atoms with Crippen LogP contribution < -0.4 is 19.7 Å². The van der Waals surface area contributed by atoms with Crippen LogP contribution in [0, 0.1) is 0 Å². The fourth-order valence-corrected chi connectivity index (χ4v) is 1.99. The highest BCUT2D eigenvalue weighted by Gasteiger charge is 2.15. The summed E-state index contributed by atoms with van der Waals surface area (Å²) in [6.07, 6.45) is 0. The maximum atomic E-state index is 5.60. The highest BCUT2D eigenvalue weighted by Crippen LogP contribution is 2.33. The van der Waals surface area contributed by atoms with Crippen LogP contribution in [0.5, 0.6) is 11.5 Å². The highest BCUT2D eigenvalue weighted by molar-refractivity contribution is 5.63. The zero-order chi connectivity index (χ0) is 14.8. The van der Waals surface area contributed by atoms with Crippen LogP contribution in [0.2, 0.25) is 0 Å². The average molecular weight is 287 g/mol. The molecule has 1 aromatic heterocycles. The molecule has 7 heteroatoms. The average Bonchev–Trinajstić information content (AvgIpc) is 2.53. The Morgan fingerprint density at radius 2 is 1.81 bits per heavy atom. The van der Waals surface area contributed by atoms with Crippen LogP contribution in [-0.2, 0) is 0 Å². The monoisotopic (exact) mass is 287 g/mol. The predicted molar refractivity (Wildman–Crippen MR) is 80.1 cm³/mol. The molecule has 7 nitrogen and oxygen atoms in total. The largest absolute Gasteiger partial charge is 0.486 e. The topological polar surface area (TPSA) is 72.4 Å². The number of nitrogens with one attached hydrogen (secondary N) is 1. The van der Waals surface area contributed by atoms with Crippen LogP contribution in [0.25, 0.3) is 11.4 Å². The number of ether oxygens (including phenoxy) is 2. The standard InChI is InChI=1S/C14H17N5O2/c1-15-13-16-12(17-14(18-13)19(2)3)9-4-5-10-11(8-9)21-7-6-20-10/h4-5,8H,6-7H2,1-3H3,(H,15,16,17,18). The summed E-state index contributed by atoms with van der Waals surface area (Å²) >= 11 is 0. The van der Waals surface area contributed by atoms with Crippen molar-refractivity contribution in [2.45, 2.75) is 0 Å². The van der Waals surface area contributed by atoms with Crippen LogP contribution in [0.1, 0.15) is 0 Å². The molecule has 1 N–H and O–H groups in total. The first kappa shape index (κ1) is 13.4. The fraction of sp³-hybridized carbons (Fsp3) is 0.357. The van der Waals surface area contributed by atoms with Crippen molar-refractivity contribution < 1.29 is 9.47 Å². The minimum Gasteiger partial charge on any atom is -0.486 e. The lowest BCUT2D eigenvalue weighted by atomic mass is 10.2. The van der Waals surface area contributed by atoms with Gasteiger partial charge in [0.25, 0.3) is 0 Å². The van der Waals surface area contributed by atoms with Gasteiger partial charge in [-0.05, 0) is 18.2 Å². The summed E-state index contributed by atoms with van der Waals surface area (Å²) in [5.41, 5.74) is 0.862. The Labute approximate surface area is 123 Å². The van der Waals surface area contributed by atoms with Gasteiger partial charge in [-0.3, -0.25) is 0 Å². The minimum absolute atomic E-state index is 0.526. The van der Waals surface area contributed by atoms with Gasteiger partial charge in [0.05, 0.1) is 0 Å². The van der Waals surface area contributed by atoms with Crippen molar-refractivity contribution in [2.75, 3.05) is 44.6 Å². The van der Waals surface area contributed by atoms with Crippen LogP contribution in [0.4, 0.5) is 11.9 Å². The first-order chi connectivity index (χ1) is 10.2. The van der Waals surface area contributed by atoms with Crippen molar-refractivity contribution in [1.82, 2.24) is 15.0 Å². The molecule has 0 radical (unpaired) electrons. The van der Waals surface area contributed by atoms with E-state index in [2.05, 4.69) is 20.3 Å². The number of aromatic nitrogens is 3. The molecule has 1 aromatic carbocycles. The molecule has 1 aliphatic rings. The minimum atomic E-state index is 0.526. The number of nitrogens with zero attached hydrogens (tertiary/aromatic N) is 4. The first-order valence-corrected chi connectivity index (χ1v) is 6.68. The van der Waals surface area contributed by atoms with E-state index in [1.807, 2.05) is 37.2 Å². The number of hydrogen-bond acceptors (Lipinski definition) is 7. The van der Waals surface area contributed by atoms with E-state index in [9.17, 15) is 0 Å². The Balaban J connectivity index is 2.05. The lowest BCUT2D eigenvalue weighted by molar-refractivity contribution is 0.171. The molecule has 0 saturated carbocycles. The molecule has 2 aromatic rings. The van der Waals surface area contributed by atoms with E-state index in [1.54, 1.807) is 7.05 Å². The molecule has 110 valence electrons. The third-order valence-corrected chi connectivity index (χ3v) is 3.05. The maximum Gasteiger partial charge on any atom is 0.230 e. The SMILES string of the molecule is CNc1nc(-c2ccc3c(c2)OCCO3)nc(N(C)C)n1. The van der Waals surface area contributed by atoms with E-state index in [1.165, 1.54) is 0 Å². The van der Waals surface area contributed by atoms with Gasteiger partial charge < -0.3 is 19.7 Å². The van der Waals surface area contributed by atoms with Crippen molar-refractivity contribution in [3.8, 4) is 22.9 Å². The number of hydrogen-bond donors (Lipinski definition) is 1. The van der Waals surface area contributed by atoms with E-state index in [0.717, 1.165) is 17.1 Å². The number of anilines is 2. The van der Waals surface area contributed by atoms with Gasteiger partial charge in [-0.2, -0.15) is 15.0 Å². The molecule has 0 spiro atoms. The van der Waals surface area contributed by atoms with Crippen molar-refractivity contribution in [1.29, 1.82) is 0 Å². The third-order valence-electron chi connectivity index (χ3n) is 3.05. The van der Waals surface area contributed by atoms with Gasteiger partial charge in [-0.25, -0.2) is 0 Å². The molecule has 0 fully saturated rings. The van der Waals surface area contributed by atoms with E-state index in [0.29, 0.717) is 30.9 Å². The summed E-state index contributed by atoms with van der Waals surface area (Å²) in [5.74, 6) is 3.19. The molecular weight excluding hydrogens is 270 g/mol. The van der Waals surface area contributed by atoms with Gasteiger partial charge >= 0.3 is 0 Å². The molecule has 0 saturated heterocycles. The molecule has 3 rings (SSSR count). The number of rotatable bonds is 3. The van der Waals surface area contributed by atoms with Crippen molar-refractivity contribution in [3.05, 3.63) is 18.2 Å². The Morgan fingerprint density at radius 3 is 2.52 bits per heavy atom. The van der Waals surface area contributed by atoms with Crippen molar-refractivity contribution in [3.63, 3.8) is 0 Å². The molecule has 0 aliphatic carbocycles. The van der Waals surface area contributed by atoms with Gasteiger partial charge in [-0.15, -0.1) is 0 Å². The van der Waals surface area contributed by atoms with Crippen LogP contribution in [-0.4, -0.2) is 49.3 Å². The van der Waals surface area contributed by atoms with Gasteiger partial charge in [0.1, 0.15) is 13.2 Å². The molecule has 1 aliphatic heterocycles. The molecule has 0 amide bonds. The van der Waals surface area contributed by atoms with Crippen molar-refractivity contribution >= 4 is 11.9 Å². The second kappa shape index (κ2) is 5.43. The zero-order valence-corrected chi connectivity index (χ0v) is 12.3. The summed E-state index contributed by atoms with van der Waals surface area (Å²) in [7, 11) is 5.56. The summed E-state index contributed by atoms with van der Waals surface area (Å²) in [4.78, 5) is 15.0. The normalized spacial score (nSPS) is 12.9. The van der Waals surface area contributed by atoms with E-state index < -0.39 is 0 Å². The van der Waals surface area contributed by atoms with Crippen LogP contribution in [0.15, 0.2) is 18.2 Å². The predicted octanol–water partition coefficient (Wildman–Crippen LogP) is 1.42. The fourth-order valence-electron chi connectivity index (χ4n) is 1.99.